The lowest BCUT2D eigenvalue weighted by Crippen LogP contribution is -2.46. The first kappa shape index (κ1) is 32.8. The number of rotatable bonds is 4. The molecule has 9 aromatic carbocycles. The van der Waals surface area contributed by atoms with Crippen LogP contribution in [0.3, 0.4) is 0 Å². The highest BCUT2D eigenvalue weighted by atomic mass is 32.2. The van der Waals surface area contributed by atoms with E-state index in [1.54, 1.807) is 0 Å². The summed E-state index contributed by atoms with van der Waals surface area (Å²) in [6.45, 7) is 0. The molecule has 0 atom stereocenters. The first-order valence-electron chi connectivity index (χ1n) is 20.2. The van der Waals surface area contributed by atoms with Gasteiger partial charge in [0.2, 0.25) is 0 Å². The van der Waals surface area contributed by atoms with Crippen molar-refractivity contribution in [2.24, 2.45) is 0 Å². The number of hydrogen-bond donors (Lipinski definition) is 0. The lowest BCUT2D eigenvalue weighted by molar-refractivity contribution is 0.488. The number of nitrogens with zero attached hydrogens (tertiary/aromatic N) is 2. The highest BCUT2D eigenvalue weighted by Gasteiger charge is 2.39. The summed E-state index contributed by atoms with van der Waals surface area (Å²) in [5.74, 6) is 1.97. The molecule has 0 amide bonds. The highest BCUT2D eigenvalue weighted by Crippen LogP contribution is 2.47. The van der Waals surface area contributed by atoms with Gasteiger partial charge in [-0.1, -0.05) is 133 Å². The van der Waals surface area contributed by atoms with Gasteiger partial charge in [0.05, 0.1) is 27.8 Å². The topological polar surface area (TPSA) is 19.1 Å². The summed E-state index contributed by atoms with van der Waals surface area (Å²) < 4.78 is 11.6. The van der Waals surface area contributed by atoms with Gasteiger partial charge in [0.15, 0.2) is 0 Å². The van der Waals surface area contributed by atoms with Gasteiger partial charge in [-0.25, -0.2) is 0 Å². The van der Waals surface area contributed by atoms with Crippen LogP contribution < -0.4 is 15.7 Å². The normalized spacial score (nSPS) is 12.8. The summed E-state index contributed by atoms with van der Waals surface area (Å²) >= 11 is 1.94. The van der Waals surface area contributed by atoms with Gasteiger partial charge in [-0.3, -0.25) is 0 Å². The molecule has 59 heavy (non-hydrogen) atoms. The second-order valence-electron chi connectivity index (χ2n) is 15.6. The Kier molecular flexibility index (Phi) is 7.04. The molecule has 0 fully saturated rings. The van der Waals surface area contributed by atoms with Gasteiger partial charge in [0.1, 0.15) is 11.5 Å². The van der Waals surface area contributed by atoms with Gasteiger partial charge in [-0.05, 0) is 105 Å². The van der Waals surface area contributed by atoms with E-state index in [0.717, 1.165) is 28.3 Å². The summed E-state index contributed by atoms with van der Waals surface area (Å²) in [4.78, 5) is 1.27. The van der Waals surface area contributed by atoms with Crippen LogP contribution in [0.2, 0.25) is 0 Å². The molecule has 0 saturated carbocycles. The van der Waals surface area contributed by atoms with Crippen LogP contribution in [-0.2, 0) is 0 Å². The third-order valence-electron chi connectivity index (χ3n) is 12.4. The fourth-order valence-electron chi connectivity index (χ4n) is 9.81. The largest absolute Gasteiger partial charge is 0.458 e. The third-order valence-corrected chi connectivity index (χ3v) is 13.7. The fourth-order valence-corrected chi connectivity index (χ4v) is 11.3. The van der Waals surface area contributed by atoms with Crippen molar-refractivity contribution in [1.82, 2.24) is 9.13 Å². The Bertz CT molecular complexity index is 3440. The first-order valence-corrected chi connectivity index (χ1v) is 21.1. The van der Waals surface area contributed by atoms with Crippen molar-refractivity contribution >= 4 is 72.1 Å². The molecule has 2 aliphatic rings. The average Bonchev–Trinajstić information content (AvgIpc) is 3.82. The Labute approximate surface area is 345 Å². The van der Waals surface area contributed by atoms with Crippen LogP contribution in [0.1, 0.15) is 0 Å². The van der Waals surface area contributed by atoms with E-state index in [2.05, 4.69) is 209 Å². The zero-order valence-corrected chi connectivity index (χ0v) is 32.7. The Morgan fingerprint density at radius 2 is 1.00 bits per heavy atom. The van der Waals surface area contributed by atoms with Crippen LogP contribution in [0, 0.1) is 0 Å². The van der Waals surface area contributed by atoms with E-state index in [4.69, 9.17) is 4.74 Å². The van der Waals surface area contributed by atoms with Gasteiger partial charge in [0.25, 0.3) is 5.99 Å². The Hall–Kier alpha value is -7.21. The average molecular weight is 769 g/mol. The maximum atomic E-state index is 6.82. The van der Waals surface area contributed by atoms with E-state index in [9.17, 15) is 0 Å². The molecule has 3 nitrogen and oxygen atoms in total. The number of para-hydroxylation sites is 6. The molecule has 5 heteroatoms. The van der Waals surface area contributed by atoms with E-state index >= 15 is 0 Å². The van der Waals surface area contributed by atoms with Gasteiger partial charge >= 0.3 is 0 Å². The standard InChI is InChI=1S/C54H33BN2OS/c1-7-22-46(57-49-25-10-4-19-41(49)42-20-5-11-26-50(42)57)38(16-1)35-28-29-43-44-31-36(32-52-54(44)55(59-53(43)33-35)45-21-6-12-27-51(45)58-52)34-14-13-15-37(30-34)56-47-23-8-2-17-39(47)40-18-3-9-24-48(40)56/h1-33H. The predicted octanol–water partition coefficient (Wildman–Crippen LogP) is 13.2. The lowest BCUT2D eigenvalue weighted by atomic mass is 9.57. The van der Waals surface area contributed by atoms with Crippen LogP contribution in [0.5, 0.6) is 11.5 Å². The third kappa shape index (κ3) is 4.86. The van der Waals surface area contributed by atoms with Crippen LogP contribution in [0.15, 0.2) is 205 Å². The molecule has 0 radical (unpaired) electrons. The highest BCUT2D eigenvalue weighted by molar-refractivity contribution is 8.28. The fraction of sp³-hybridized carbons (Fsp3) is 0. The molecule has 0 saturated heterocycles. The Morgan fingerprint density at radius 3 is 1.71 bits per heavy atom. The van der Waals surface area contributed by atoms with Gasteiger partial charge in [0, 0.05) is 37.7 Å². The van der Waals surface area contributed by atoms with E-state index < -0.39 is 0 Å². The number of ether oxygens (including phenoxy) is 1. The molecule has 2 aliphatic heterocycles. The zero-order chi connectivity index (χ0) is 38.6. The Morgan fingerprint density at radius 1 is 0.390 bits per heavy atom. The van der Waals surface area contributed by atoms with Crippen molar-refractivity contribution in [3.05, 3.63) is 200 Å². The molecule has 0 spiro atoms. The second-order valence-corrected chi connectivity index (χ2v) is 16.7. The molecule has 0 bridgehead atoms. The molecule has 0 unspecified atom stereocenters. The molecular weight excluding hydrogens is 735 g/mol. The van der Waals surface area contributed by atoms with Crippen LogP contribution >= 0.6 is 11.6 Å². The van der Waals surface area contributed by atoms with Crippen molar-refractivity contribution in [3.63, 3.8) is 0 Å². The Balaban J connectivity index is 0.986. The molecule has 11 aromatic rings. The van der Waals surface area contributed by atoms with Crippen LogP contribution in [0.4, 0.5) is 0 Å². The molecule has 4 heterocycles. The van der Waals surface area contributed by atoms with E-state index in [1.807, 2.05) is 11.6 Å². The van der Waals surface area contributed by atoms with Crippen LogP contribution in [-0.4, -0.2) is 15.1 Å². The number of hydrogen-bond acceptors (Lipinski definition) is 2. The van der Waals surface area contributed by atoms with E-state index in [0.29, 0.717) is 0 Å². The van der Waals surface area contributed by atoms with Crippen molar-refractivity contribution in [3.8, 4) is 56.3 Å². The SMILES string of the molecule is c1cc(-c2cc3c4c(c2)-c2ccc(-c5ccccc5-n5c6ccccc6c6ccccc65)cc2SB4c2ccccc2O3)cc(-n2c3ccccc3c3ccccc32)c1. The maximum Gasteiger partial charge on any atom is 0.289 e. The second kappa shape index (κ2) is 12.6. The summed E-state index contributed by atoms with van der Waals surface area (Å²) in [6.07, 6.45) is 0. The summed E-state index contributed by atoms with van der Waals surface area (Å²) in [5.41, 5.74) is 16.8. The maximum absolute atomic E-state index is 6.82. The first-order chi connectivity index (χ1) is 29.3. The van der Waals surface area contributed by atoms with Crippen molar-refractivity contribution in [1.29, 1.82) is 0 Å². The van der Waals surface area contributed by atoms with Gasteiger partial charge in [-0.2, -0.15) is 11.6 Å². The monoisotopic (exact) mass is 768 g/mol. The minimum atomic E-state index is 0.110. The smallest absolute Gasteiger partial charge is 0.289 e. The molecule has 0 N–H and O–H groups in total. The summed E-state index contributed by atoms with van der Waals surface area (Å²) in [6, 6.07) is 73.0. The zero-order valence-electron chi connectivity index (χ0n) is 31.8. The van der Waals surface area contributed by atoms with Crippen molar-refractivity contribution < 1.29 is 4.74 Å². The molecule has 274 valence electrons. The minimum Gasteiger partial charge on any atom is -0.458 e. The molecule has 2 aromatic heterocycles. The van der Waals surface area contributed by atoms with E-state index in [1.165, 1.54) is 87.4 Å². The van der Waals surface area contributed by atoms with Crippen LogP contribution in [0.25, 0.3) is 88.4 Å². The number of aromatic nitrogens is 2. The van der Waals surface area contributed by atoms with Crippen molar-refractivity contribution in [2.45, 2.75) is 4.90 Å². The summed E-state index contributed by atoms with van der Waals surface area (Å²) in [5, 5.41) is 5.05. The van der Waals surface area contributed by atoms with E-state index in [-0.39, 0.29) is 5.99 Å². The number of benzene rings is 9. The minimum absolute atomic E-state index is 0.110. The molecule has 0 aliphatic carbocycles. The lowest BCUT2D eigenvalue weighted by Gasteiger charge is -2.33. The molecule has 13 rings (SSSR count). The van der Waals surface area contributed by atoms with Gasteiger partial charge < -0.3 is 13.9 Å². The summed E-state index contributed by atoms with van der Waals surface area (Å²) in [7, 11) is 0. The predicted molar refractivity (Wildman–Crippen MR) is 249 cm³/mol. The van der Waals surface area contributed by atoms with Crippen molar-refractivity contribution in [2.75, 3.05) is 0 Å². The number of fused-ring (bicyclic) bond motifs is 10. The van der Waals surface area contributed by atoms with Gasteiger partial charge in [-0.15, -0.1) is 0 Å². The molecular formula is C54H33BN2OS. The quantitative estimate of drug-likeness (QED) is 0.166.